The second-order valence-corrected chi connectivity index (χ2v) is 11.4. The third-order valence-electron chi connectivity index (χ3n) is 6.98. The van der Waals surface area contributed by atoms with Crippen molar-refractivity contribution in [2.75, 3.05) is 5.32 Å². The van der Waals surface area contributed by atoms with Crippen LogP contribution in [-0.2, 0) is 9.84 Å². The van der Waals surface area contributed by atoms with Gasteiger partial charge in [0.25, 0.3) is 5.91 Å². The summed E-state index contributed by atoms with van der Waals surface area (Å²) in [4.78, 5) is 12.3. The summed E-state index contributed by atoms with van der Waals surface area (Å²) in [6.07, 6.45) is 0.571. The van der Waals surface area contributed by atoms with Crippen LogP contribution in [0.15, 0.2) is 35.2 Å². The molecule has 32 heavy (non-hydrogen) atoms. The molecule has 2 atom stereocenters. The Kier molecular flexibility index (Phi) is 5.58. The van der Waals surface area contributed by atoms with Crippen molar-refractivity contribution in [2.45, 2.75) is 42.4 Å². The number of halogens is 4. The standard InChI is InChI=1S/C22H21ClF3NO4S/c1-10-14-8-13(9-15(10)22(14,2)29)32(30,31)19-5-11(3-4-16(19)23)21(28)27-12-6-17(24)20(26)18(25)7-12/h3-7,10,13-15,29H,8-9H2,1-2H3,(H,27,28)/t10-,13?,14?,15?,22-. The van der Waals surface area contributed by atoms with Crippen molar-refractivity contribution in [3.05, 3.63) is 58.4 Å². The zero-order valence-corrected chi connectivity index (χ0v) is 18.8. The van der Waals surface area contributed by atoms with Gasteiger partial charge in [0.05, 0.1) is 20.8 Å². The molecule has 10 heteroatoms. The number of aliphatic hydroxyl groups is 1. The van der Waals surface area contributed by atoms with Crippen molar-refractivity contribution in [3.8, 4) is 0 Å². The van der Waals surface area contributed by atoms with E-state index < -0.39 is 44.0 Å². The van der Waals surface area contributed by atoms with E-state index in [0.717, 1.165) is 6.07 Å². The number of anilines is 1. The Hall–Kier alpha value is -2.10. The summed E-state index contributed by atoms with van der Waals surface area (Å²) < 4.78 is 66.6. The highest BCUT2D eigenvalue weighted by Gasteiger charge is 2.61. The average molecular weight is 488 g/mol. The van der Waals surface area contributed by atoms with Crippen LogP contribution in [0, 0.1) is 35.2 Å². The molecule has 0 spiro atoms. The molecule has 172 valence electrons. The number of rotatable bonds is 4. The van der Waals surface area contributed by atoms with Gasteiger partial charge in [0.15, 0.2) is 27.3 Å². The molecule has 3 aliphatic rings. The van der Waals surface area contributed by atoms with Gasteiger partial charge < -0.3 is 10.4 Å². The minimum absolute atomic E-state index is 0.0560. The molecule has 0 aromatic heterocycles. The first-order valence-corrected chi connectivity index (χ1v) is 12.0. The van der Waals surface area contributed by atoms with Crippen molar-refractivity contribution in [3.63, 3.8) is 0 Å². The van der Waals surface area contributed by atoms with Crippen LogP contribution in [-0.4, -0.2) is 30.3 Å². The maximum atomic E-state index is 13.4. The van der Waals surface area contributed by atoms with Crippen molar-refractivity contribution in [2.24, 2.45) is 17.8 Å². The number of fused-ring (bicyclic) bond motifs is 2. The molecular formula is C22H21ClF3NO4S. The lowest BCUT2D eigenvalue weighted by Crippen LogP contribution is -2.65. The van der Waals surface area contributed by atoms with Crippen LogP contribution in [0.25, 0.3) is 0 Å². The summed E-state index contributed by atoms with van der Waals surface area (Å²) in [6, 6.07) is 4.89. The lowest BCUT2D eigenvalue weighted by atomic mass is 9.48. The van der Waals surface area contributed by atoms with Crippen LogP contribution >= 0.6 is 11.6 Å². The van der Waals surface area contributed by atoms with Crippen LogP contribution in [0.1, 0.15) is 37.0 Å². The van der Waals surface area contributed by atoms with E-state index in [1.165, 1.54) is 12.1 Å². The zero-order chi connectivity index (χ0) is 23.6. The van der Waals surface area contributed by atoms with E-state index >= 15 is 0 Å². The number of sulfone groups is 1. The number of amides is 1. The molecule has 0 aliphatic heterocycles. The molecule has 0 saturated heterocycles. The van der Waals surface area contributed by atoms with E-state index in [1.54, 1.807) is 6.92 Å². The monoisotopic (exact) mass is 487 g/mol. The van der Waals surface area contributed by atoms with Crippen molar-refractivity contribution in [1.29, 1.82) is 0 Å². The number of hydrogen-bond donors (Lipinski definition) is 2. The Morgan fingerprint density at radius 2 is 1.69 bits per heavy atom. The third-order valence-corrected chi connectivity index (χ3v) is 9.64. The molecule has 2 unspecified atom stereocenters. The molecule has 3 fully saturated rings. The third kappa shape index (κ3) is 3.60. The summed E-state index contributed by atoms with van der Waals surface area (Å²) >= 11 is 6.16. The van der Waals surface area contributed by atoms with E-state index in [0.29, 0.717) is 12.1 Å². The van der Waals surface area contributed by atoms with Gasteiger partial charge in [0.2, 0.25) is 0 Å². The number of hydrogen-bond acceptors (Lipinski definition) is 4. The number of carbonyl (C=O) groups excluding carboxylic acids is 1. The molecule has 2 aromatic rings. The zero-order valence-electron chi connectivity index (χ0n) is 17.2. The average Bonchev–Trinajstić information content (AvgIpc) is 2.72. The topological polar surface area (TPSA) is 83.5 Å². The van der Waals surface area contributed by atoms with Crippen LogP contribution in [0.4, 0.5) is 18.9 Å². The fourth-order valence-corrected chi connectivity index (χ4v) is 7.55. The normalized spacial score (nSPS) is 29.3. The highest BCUT2D eigenvalue weighted by atomic mass is 35.5. The van der Waals surface area contributed by atoms with Gasteiger partial charge in [0, 0.05) is 23.4 Å². The Morgan fingerprint density at radius 3 is 2.22 bits per heavy atom. The van der Waals surface area contributed by atoms with Crippen LogP contribution < -0.4 is 5.32 Å². The maximum absolute atomic E-state index is 13.4. The summed E-state index contributed by atoms with van der Waals surface area (Å²) in [7, 11) is -3.91. The predicted octanol–water partition coefficient (Wildman–Crippen LogP) is 4.58. The first-order chi connectivity index (χ1) is 14.8. The second-order valence-electron chi connectivity index (χ2n) is 8.79. The van der Waals surface area contributed by atoms with E-state index in [9.17, 15) is 31.5 Å². The fourth-order valence-electron chi connectivity index (χ4n) is 5.20. The van der Waals surface area contributed by atoms with Crippen LogP contribution in [0.2, 0.25) is 5.02 Å². The fraction of sp³-hybridized carbons (Fsp3) is 0.409. The number of benzene rings is 2. The Balaban J connectivity index is 1.60. The molecule has 2 bridgehead atoms. The summed E-state index contributed by atoms with van der Waals surface area (Å²) in [5.41, 5.74) is -1.31. The SMILES string of the molecule is C[C@H]1C2CC(S(=O)(=O)c3cc(C(=O)Nc4cc(F)c(F)c(F)c4)ccc3Cl)CC1[C@@]2(C)O. The number of nitrogens with one attached hydrogen (secondary N) is 1. The molecule has 0 radical (unpaired) electrons. The van der Waals surface area contributed by atoms with Gasteiger partial charge in [-0.3, -0.25) is 4.79 Å². The Labute approximate surface area is 188 Å². The maximum Gasteiger partial charge on any atom is 0.255 e. The molecule has 2 aromatic carbocycles. The van der Waals surface area contributed by atoms with E-state index in [1.807, 2.05) is 6.92 Å². The Morgan fingerprint density at radius 1 is 1.12 bits per heavy atom. The minimum atomic E-state index is -3.91. The number of carbonyl (C=O) groups is 1. The molecule has 0 heterocycles. The van der Waals surface area contributed by atoms with Gasteiger partial charge >= 0.3 is 0 Å². The molecule has 2 N–H and O–H groups in total. The Bertz CT molecular complexity index is 1180. The lowest BCUT2D eigenvalue weighted by Gasteiger charge is -2.61. The van der Waals surface area contributed by atoms with Gasteiger partial charge in [-0.05, 0) is 55.7 Å². The summed E-state index contributed by atoms with van der Waals surface area (Å²) in [5, 5.41) is 12.0. The first-order valence-electron chi connectivity index (χ1n) is 10.1. The molecule has 3 saturated carbocycles. The summed E-state index contributed by atoms with van der Waals surface area (Å²) in [5.74, 6) is -5.51. The van der Waals surface area contributed by atoms with Crippen LogP contribution in [0.3, 0.4) is 0 Å². The van der Waals surface area contributed by atoms with Gasteiger partial charge in [-0.25, -0.2) is 21.6 Å². The minimum Gasteiger partial charge on any atom is -0.390 e. The molecule has 5 nitrogen and oxygen atoms in total. The van der Waals surface area contributed by atoms with Gasteiger partial charge in [-0.1, -0.05) is 18.5 Å². The second kappa shape index (κ2) is 7.74. The largest absolute Gasteiger partial charge is 0.390 e. The smallest absolute Gasteiger partial charge is 0.255 e. The van der Waals surface area contributed by atoms with Crippen molar-refractivity contribution < 1.29 is 31.5 Å². The van der Waals surface area contributed by atoms with Gasteiger partial charge in [0.1, 0.15) is 0 Å². The quantitative estimate of drug-likeness (QED) is 0.618. The molecular weight excluding hydrogens is 467 g/mol. The lowest BCUT2D eigenvalue weighted by molar-refractivity contribution is -0.204. The highest BCUT2D eigenvalue weighted by Crippen LogP contribution is 2.59. The van der Waals surface area contributed by atoms with E-state index in [4.69, 9.17) is 11.6 Å². The molecule has 1 amide bonds. The highest BCUT2D eigenvalue weighted by molar-refractivity contribution is 7.92. The summed E-state index contributed by atoms with van der Waals surface area (Å²) in [6.45, 7) is 3.72. The van der Waals surface area contributed by atoms with Crippen molar-refractivity contribution in [1.82, 2.24) is 0 Å². The van der Waals surface area contributed by atoms with E-state index in [2.05, 4.69) is 5.32 Å². The predicted molar refractivity (Wildman–Crippen MR) is 113 cm³/mol. The van der Waals surface area contributed by atoms with Crippen molar-refractivity contribution >= 4 is 33.0 Å². The van der Waals surface area contributed by atoms with Crippen LogP contribution in [0.5, 0.6) is 0 Å². The van der Waals surface area contributed by atoms with E-state index in [-0.39, 0.29) is 51.8 Å². The molecule has 3 aliphatic carbocycles. The molecule has 5 rings (SSSR count). The van der Waals surface area contributed by atoms with Gasteiger partial charge in [-0.2, -0.15) is 0 Å². The first kappa shape index (κ1) is 23.1. The van der Waals surface area contributed by atoms with Gasteiger partial charge in [-0.15, -0.1) is 0 Å².